The molecule has 0 aromatic heterocycles. The molecular formula is C19H28N2O3. The van der Waals surface area contributed by atoms with Gasteiger partial charge in [0.15, 0.2) is 0 Å². The zero-order valence-electron chi connectivity index (χ0n) is 15.3. The van der Waals surface area contributed by atoms with Gasteiger partial charge in [0, 0.05) is 18.0 Å². The number of amides is 2. The Kier molecular flexibility index (Phi) is 5.52. The Balaban J connectivity index is 1.93. The fraction of sp³-hybridized carbons (Fsp3) is 0.579. The number of methoxy groups -OCH3 is 1. The summed E-state index contributed by atoms with van der Waals surface area (Å²) in [6.45, 7) is 8.38. The van der Waals surface area contributed by atoms with E-state index in [1.54, 1.807) is 12.0 Å². The predicted octanol–water partition coefficient (Wildman–Crippen LogP) is 2.56. The number of rotatable bonds is 6. The highest BCUT2D eigenvalue weighted by molar-refractivity contribution is 5.88. The highest BCUT2D eigenvalue weighted by Gasteiger charge is 2.45. The highest BCUT2D eigenvalue weighted by Crippen LogP contribution is 2.48. The van der Waals surface area contributed by atoms with Crippen LogP contribution in [0.2, 0.25) is 0 Å². The molecule has 1 aromatic rings. The third-order valence-corrected chi connectivity index (χ3v) is 4.19. The lowest BCUT2D eigenvalue weighted by Crippen LogP contribution is -2.47. The quantitative estimate of drug-likeness (QED) is 0.871. The molecule has 1 fully saturated rings. The first kappa shape index (κ1) is 18.3. The van der Waals surface area contributed by atoms with Crippen LogP contribution < -0.4 is 10.1 Å². The summed E-state index contributed by atoms with van der Waals surface area (Å²) in [6, 6.07) is 7.87. The van der Waals surface area contributed by atoms with Gasteiger partial charge in [-0.1, -0.05) is 12.1 Å². The molecule has 2 rings (SSSR count). The van der Waals surface area contributed by atoms with Crippen LogP contribution in [0.5, 0.6) is 5.75 Å². The molecule has 1 aliphatic rings. The van der Waals surface area contributed by atoms with E-state index in [0.29, 0.717) is 6.54 Å². The number of carbonyl (C=O) groups excluding carboxylic acids is 2. The van der Waals surface area contributed by atoms with E-state index in [9.17, 15) is 9.59 Å². The van der Waals surface area contributed by atoms with Crippen LogP contribution in [0.15, 0.2) is 24.3 Å². The monoisotopic (exact) mass is 332 g/mol. The van der Waals surface area contributed by atoms with Crippen LogP contribution in [-0.2, 0) is 9.59 Å². The number of carbonyl (C=O) groups is 2. The third kappa shape index (κ3) is 4.73. The van der Waals surface area contributed by atoms with E-state index in [-0.39, 0.29) is 35.7 Å². The van der Waals surface area contributed by atoms with E-state index < -0.39 is 0 Å². The molecule has 5 nitrogen and oxygen atoms in total. The number of ether oxygens (including phenoxy) is 1. The standard InChI is InChI=1S/C19H28N2O3/c1-6-21(12-17(22)20-19(2,3)4)18(23)16-11-15(16)13-7-9-14(24-5)10-8-13/h7-10,15-16H,6,11-12H2,1-5H3,(H,20,22)/t15-,16+/m0/s1. The highest BCUT2D eigenvalue weighted by atomic mass is 16.5. The van der Waals surface area contributed by atoms with Gasteiger partial charge < -0.3 is 15.0 Å². The van der Waals surface area contributed by atoms with Crippen molar-refractivity contribution in [2.24, 2.45) is 5.92 Å². The van der Waals surface area contributed by atoms with E-state index in [0.717, 1.165) is 17.7 Å². The van der Waals surface area contributed by atoms with Crippen molar-refractivity contribution in [3.8, 4) is 5.75 Å². The minimum absolute atomic E-state index is 0.0132. The summed E-state index contributed by atoms with van der Waals surface area (Å²) < 4.78 is 5.16. The molecule has 132 valence electrons. The SMILES string of the molecule is CCN(CC(=O)NC(C)(C)C)C(=O)[C@@H]1C[C@H]1c1ccc(OC)cc1. The van der Waals surface area contributed by atoms with Crippen molar-refractivity contribution in [3.63, 3.8) is 0 Å². The Morgan fingerprint density at radius 3 is 2.38 bits per heavy atom. The van der Waals surface area contributed by atoms with Crippen LogP contribution in [0.1, 0.15) is 45.6 Å². The lowest BCUT2D eigenvalue weighted by molar-refractivity contribution is -0.137. The van der Waals surface area contributed by atoms with Crippen molar-refractivity contribution in [3.05, 3.63) is 29.8 Å². The molecule has 0 bridgehead atoms. The molecule has 2 atom stereocenters. The first-order chi connectivity index (χ1) is 11.2. The van der Waals surface area contributed by atoms with Crippen LogP contribution in [0.3, 0.4) is 0 Å². The normalized spacial score (nSPS) is 19.5. The molecule has 1 aliphatic carbocycles. The third-order valence-electron chi connectivity index (χ3n) is 4.19. The van der Waals surface area contributed by atoms with Crippen LogP contribution in [0.25, 0.3) is 0 Å². The van der Waals surface area contributed by atoms with Crippen molar-refractivity contribution in [1.29, 1.82) is 0 Å². The van der Waals surface area contributed by atoms with E-state index in [1.165, 1.54) is 0 Å². The van der Waals surface area contributed by atoms with Gasteiger partial charge >= 0.3 is 0 Å². The summed E-state index contributed by atoms with van der Waals surface area (Å²) in [5.74, 6) is 1.02. The van der Waals surface area contributed by atoms with E-state index in [1.807, 2.05) is 52.0 Å². The Morgan fingerprint density at radius 2 is 1.88 bits per heavy atom. The number of nitrogens with zero attached hydrogens (tertiary/aromatic N) is 1. The molecule has 0 aliphatic heterocycles. The lowest BCUT2D eigenvalue weighted by atomic mass is 10.1. The molecular weight excluding hydrogens is 304 g/mol. The largest absolute Gasteiger partial charge is 0.497 e. The molecule has 0 spiro atoms. The lowest BCUT2D eigenvalue weighted by Gasteiger charge is -2.25. The first-order valence-corrected chi connectivity index (χ1v) is 8.49. The van der Waals surface area contributed by atoms with Crippen molar-refractivity contribution < 1.29 is 14.3 Å². The number of benzene rings is 1. The Hall–Kier alpha value is -2.04. The van der Waals surface area contributed by atoms with Gasteiger partial charge in [-0.15, -0.1) is 0 Å². The number of hydrogen-bond acceptors (Lipinski definition) is 3. The molecule has 0 radical (unpaired) electrons. The molecule has 1 aromatic carbocycles. The Morgan fingerprint density at radius 1 is 1.25 bits per heavy atom. The topological polar surface area (TPSA) is 58.6 Å². The van der Waals surface area contributed by atoms with Gasteiger partial charge in [-0.2, -0.15) is 0 Å². The van der Waals surface area contributed by atoms with Crippen molar-refractivity contribution in [2.45, 2.75) is 45.6 Å². The molecule has 0 unspecified atom stereocenters. The van der Waals surface area contributed by atoms with Gasteiger partial charge in [0.05, 0.1) is 13.7 Å². The molecule has 24 heavy (non-hydrogen) atoms. The summed E-state index contributed by atoms with van der Waals surface area (Å²) in [7, 11) is 1.64. The van der Waals surface area contributed by atoms with Crippen molar-refractivity contribution in [2.75, 3.05) is 20.2 Å². The van der Waals surface area contributed by atoms with Gasteiger partial charge in [0.2, 0.25) is 11.8 Å². The molecule has 2 amide bonds. The van der Waals surface area contributed by atoms with Crippen molar-refractivity contribution >= 4 is 11.8 Å². The fourth-order valence-electron chi connectivity index (χ4n) is 2.90. The maximum absolute atomic E-state index is 12.7. The minimum atomic E-state index is -0.287. The molecule has 5 heteroatoms. The number of nitrogens with one attached hydrogen (secondary N) is 1. The van der Waals surface area contributed by atoms with Crippen molar-refractivity contribution in [1.82, 2.24) is 10.2 Å². The summed E-state index contributed by atoms with van der Waals surface area (Å²) in [6.07, 6.45) is 0.850. The second kappa shape index (κ2) is 7.24. The minimum Gasteiger partial charge on any atom is -0.497 e. The number of hydrogen-bond donors (Lipinski definition) is 1. The fourth-order valence-corrected chi connectivity index (χ4v) is 2.90. The van der Waals surface area contributed by atoms with E-state index in [2.05, 4.69) is 5.32 Å². The van der Waals surface area contributed by atoms with Gasteiger partial charge in [0.25, 0.3) is 0 Å². The Bertz CT molecular complexity index is 590. The summed E-state index contributed by atoms with van der Waals surface area (Å²) >= 11 is 0. The van der Waals surface area contributed by atoms with Crippen LogP contribution in [0.4, 0.5) is 0 Å². The predicted molar refractivity (Wildman–Crippen MR) is 94.0 cm³/mol. The van der Waals surface area contributed by atoms with E-state index in [4.69, 9.17) is 4.74 Å². The number of likely N-dealkylation sites (N-methyl/N-ethyl adjacent to an activating group) is 1. The van der Waals surface area contributed by atoms with Gasteiger partial charge in [-0.05, 0) is 57.7 Å². The van der Waals surface area contributed by atoms with Crippen LogP contribution in [-0.4, -0.2) is 42.5 Å². The zero-order chi connectivity index (χ0) is 17.9. The maximum atomic E-state index is 12.7. The first-order valence-electron chi connectivity index (χ1n) is 8.49. The summed E-state index contributed by atoms with van der Waals surface area (Å²) in [5.41, 5.74) is 0.870. The van der Waals surface area contributed by atoms with Gasteiger partial charge in [-0.25, -0.2) is 0 Å². The molecule has 0 saturated heterocycles. The van der Waals surface area contributed by atoms with E-state index >= 15 is 0 Å². The molecule has 1 N–H and O–H groups in total. The Labute approximate surface area is 144 Å². The second-order valence-electron chi connectivity index (χ2n) is 7.37. The second-order valence-corrected chi connectivity index (χ2v) is 7.37. The summed E-state index contributed by atoms with van der Waals surface area (Å²) in [4.78, 5) is 26.4. The molecule has 0 heterocycles. The zero-order valence-corrected chi connectivity index (χ0v) is 15.3. The van der Waals surface area contributed by atoms with Gasteiger partial charge in [0.1, 0.15) is 5.75 Å². The average Bonchev–Trinajstić information content (AvgIpc) is 3.31. The smallest absolute Gasteiger partial charge is 0.240 e. The average molecular weight is 332 g/mol. The maximum Gasteiger partial charge on any atom is 0.240 e. The molecule has 1 saturated carbocycles. The van der Waals surface area contributed by atoms with Gasteiger partial charge in [-0.3, -0.25) is 9.59 Å². The van der Waals surface area contributed by atoms with Crippen LogP contribution >= 0.6 is 0 Å². The summed E-state index contributed by atoms with van der Waals surface area (Å²) in [5, 5.41) is 2.91. The van der Waals surface area contributed by atoms with Crippen LogP contribution in [0, 0.1) is 5.92 Å².